The van der Waals surface area contributed by atoms with Crippen molar-refractivity contribution in [3.05, 3.63) is 6.33 Å². The fourth-order valence-corrected chi connectivity index (χ4v) is 2.17. The van der Waals surface area contributed by atoms with Gasteiger partial charge < -0.3 is 15.5 Å². The van der Waals surface area contributed by atoms with Crippen molar-refractivity contribution in [2.75, 3.05) is 24.4 Å². The topological polar surface area (TPSA) is 85.1 Å². The van der Waals surface area contributed by atoms with E-state index in [0.29, 0.717) is 28.7 Å². The van der Waals surface area contributed by atoms with Gasteiger partial charge >= 0.3 is 0 Å². The molecule has 0 saturated heterocycles. The molecule has 1 aliphatic carbocycles. The Bertz CT molecular complexity index is 417. The average molecular weight is 251 g/mol. The van der Waals surface area contributed by atoms with E-state index in [1.807, 2.05) is 0 Å². The van der Waals surface area contributed by atoms with Gasteiger partial charge in [-0.3, -0.25) is 0 Å². The number of hydrogen-bond acceptors (Lipinski definition) is 6. The van der Waals surface area contributed by atoms with Gasteiger partial charge in [0, 0.05) is 6.54 Å². The molecule has 0 aromatic carbocycles. The van der Waals surface area contributed by atoms with E-state index in [2.05, 4.69) is 34.6 Å². The highest BCUT2D eigenvalue weighted by molar-refractivity contribution is 5.63. The van der Waals surface area contributed by atoms with Crippen molar-refractivity contribution in [2.24, 2.45) is 17.2 Å². The third-order valence-electron chi connectivity index (χ3n) is 3.87. The molecular formula is C12H21N5O. The Labute approximate surface area is 107 Å². The number of anilines is 2. The second kappa shape index (κ2) is 4.97. The van der Waals surface area contributed by atoms with E-state index in [0.717, 1.165) is 6.54 Å². The monoisotopic (exact) mass is 251 g/mol. The lowest BCUT2D eigenvalue weighted by Crippen LogP contribution is -2.22. The quantitative estimate of drug-likeness (QED) is 0.526. The number of hydrogen-bond donors (Lipinski definition) is 3. The molecule has 1 aromatic rings. The van der Waals surface area contributed by atoms with Crippen LogP contribution in [0.3, 0.4) is 0 Å². The SMILES string of the molecule is COc1c(NN)ncnc1NCC1(C(C)C)CC1. The van der Waals surface area contributed by atoms with Gasteiger partial charge in [0.1, 0.15) is 6.33 Å². The van der Waals surface area contributed by atoms with Crippen LogP contribution in [0, 0.1) is 11.3 Å². The van der Waals surface area contributed by atoms with Gasteiger partial charge in [0.05, 0.1) is 7.11 Å². The lowest BCUT2D eigenvalue weighted by molar-refractivity contribution is 0.377. The van der Waals surface area contributed by atoms with Gasteiger partial charge in [0.25, 0.3) is 0 Å². The second-order valence-corrected chi connectivity index (χ2v) is 5.12. The molecule has 2 rings (SSSR count). The Hall–Kier alpha value is -1.56. The average Bonchev–Trinajstić information content (AvgIpc) is 3.16. The fraction of sp³-hybridized carbons (Fsp3) is 0.667. The van der Waals surface area contributed by atoms with Crippen LogP contribution < -0.4 is 21.3 Å². The van der Waals surface area contributed by atoms with Gasteiger partial charge in [-0.25, -0.2) is 15.8 Å². The summed E-state index contributed by atoms with van der Waals surface area (Å²) in [5.41, 5.74) is 2.92. The summed E-state index contributed by atoms with van der Waals surface area (Å²) in [5.74, 6) is 7.79. The maximum absolute atomic E-state index is 5.39. The number of methoxy groups -OCH3 is 1. The lowest BCUT2D eigenvalue weighted by atomic mass is 9.92. The molecule has 1 fully saturated rings. The van der Waals surface area contributed by atoms with Gasteiger partial charge in [-0.15, -0.1) is 0 Å². The first kappa shape index (κ1) is 12.9. The summed E-state index contributed by atoms with van der Waals surface area (Å²) in [6.07, 6.45) is 4.01. The van der Waals surface area contributed by atoms with Crippen molar-refractivity contribution >= 4 is 11.6 Å². The smallest absolute Gasteiger partial charge is 0.205 e. The van der Waals surface area contributed by atoms with E-state index in [1.54, 1.807) is 7.11 Å². The van der Waals surface area contributed by atoms with E-state index in [4.69, 9.17) is 10.6 Å². The standard InChI is InChI=1S/C12H21N5O/c1-8(2)12(4-5-12)6-14-10-9(18-3)11(17-13)16-7-15-10/h7-8H,4-6,13H2,1-3H3,(H2,14,15,16,17). The summed E-state index contributed by atoms with van der Waals surface area (Å²) in [7, 11) is 1.58. The fourth-order valence-electron chi connectivity index (χ4n) is 2.17. The minimum atomic E-state index is 0.409. The second-order valence-electron chi connectivity index (χ2n) is 5.12. The molecule has 1 heterocycles. The van der Waals surface area contributed by atoms with Crippen molar-refractivity contribution < 1.29 is 4.74 Å². The molecule has 18 heavy (non-hydrogen) atoms. The van der Waals surface area contributed by atoms with Crippen LogP contribution in [0.5, 0.6) is 5.75 Å². The molecule has 1 aromatic heterocycles. The maximum atomic E-state index is 5.39. The number of hydrazine groups is 1. The molecule has 100 valence electrons. The molecule has 0 atom stereocenters. The van der Waals surface area contributed by atoms with Crippen LogP contribution in [0.15, 0.2) is 6.33 Å². The van der Waals surface area contributed by atoms with E-state index < -0.39 is 0 Å². The molecule has 0 aliphatic heterocycles. The molecule has 0 radical (unpaired) electrons. The molecule has 4 N–H and O–H groups in total. The summed E-state index contributed by atoms with van der Waals surface area (Å²) in [5, 5.41) is 3.35. The Morgan fingerprint density at radius 3 is 2.56 bits per heavy atom. The highest BCUT2D eigenvalue weighted by atomic mass is 16.5. The zero-order valence-corrected chi connectivity index (χ0v) is 11.2. The van der Waals surface area contributed by atoms with E-state index >= 15 is 0 Å². The highest BCUT2D eigenvalue weighted by Crippen LogP contribution is 2.51. The van der Waals surface area contributed by atoms with E-state index in [1.165, 1.54) is 19.2 Å². The van der Waals surface area contributed by atoms with Crippen molar-refractivity contribution in [2.45, 2.75) is 26.7 Å². The van der Waals surface area contributed by atoms with Gasteiger partial charge in [0.2, 0.25) is 5.75 Å². The molecule has 0 spiro atoms. The highest BCUT2D eigenvalue weighted by Gasteiger charge is 2.45. The summed E-state index contributed by atoms with van der Waals surface area (Å²) in [6, 6.07) is 0. The van der Waals surface area contributed by atoms with Gasteiger partial charge in [-0.05, 0) is 24.2 Å². The Balaban J connectivity index is 2.10. The Kier molecular flexibility index (Phi) is 3.56. The van der Waals surface area contributed by atoms with Gasteiger partial charge in [0.15, 0.2) is 11.6 Å². The molecule has 1 saturated carbocycles. The normalized spacial score (nSPS) is 16.5. The van der Waals surface area contributed by atoms with Gasteiger partial charge in [-0.2, -0.15) is 0 Å². The third kappa shape index (κ3) is 2.33. The summed E-state index contributed by atoms with van der Waals surface area (Å²) in [4.78, 5) is 8.22. The minimum absolute atomic E-state index is 0.409. The first-order chi connectivity index (χ1) is 8.63. The summed E-state index contributed by atoms with van der Waals surface area (Å²) >= 11 is 0. The first-order valence-corrected chi connectivity index (χ1v) is 6.22. The van der Waals surface area contributed by atoms with Crippen LogP contribution >= 0.6 is 0 Å². The molecule has 0 bridgehead atoms. The van der Waals surface area contributed by atoms with Crippen LogP contribution in [-0.4, -0.2) is 23.6 Å². The molecule has 6 heteroatoms. The first-order valence-electron chi connectivity index (χ1n) is 6.22. The number of nitrogens with one attached hydrogen (secondary N) is 2. The van der Waals surface area contributed by atoms with E-state index in [-0.39, 0.29) is 0 Å². The van der Waals surface area contributed by atoms with E-state index in [9.17, 15) is 0 Å². The van der Waals surface area contributed by atoms with Crippen LogP contribution in [0.1, 0.15) is 26.7 Å². The van der Waals surface area contributed by atoms with Crippen LogP contribution in [0.4, 0.5) is 11.6 Å². The van der Waals surface area contributed by atoms with Crippen molar-refractivity contribution in [3.8, 4) is 5.75 Å². The molecular weight excluding hydrogens is 230 g/mol. The Morgan fingerprint density at radius 1 is 1.39 bits per heavy atom. The number of rotatable bonds is 6. The number of ether oxygens (including phenoxy) is 1. The number of nitrogens with zero attached hydrogens (tertiary/aromatic N) is 2. The maximum Gasteiger partial charge on any atom is 0.205 e. The van der Waals surface area contributed by atoms with Crippen molar-refractivity contribution in [3.63, 3.8) is 0 Å². The van der Waals surface area contributed by atoms with Gasteiger partial charge in [-0.1, -0.05) is 13.8 Å². The third-order valence-corrected chi connectivity index (χ3v) is 3.87. The zero-order valence-electron chi connectivity index (χ0n) is 11.2. The Morgan fingerprint density at radius 2 is 2.06 bits per heavy atom. The number of nitrogens with two attached hydrogens (primary N) is 1. The van der Waals surface area contributed by atoms with Crippen LogP contribution in [0.25, 0.3) is 0 Å². The van der Waals surface area contributed by atoms with Crippen molar-refractivity contribution in [1.29, 1.82) is 0 Å². The molecule has 1 aliphatic rings. The van der Waals surface area contributed by atoms with Crippen molar-refractivity contribution in [1.82, 2.24) is 9.97 Å². The summed E-state index contributed by atoms with van der Waals surface area (Å²) < 4.78 is 5.28. The minimum Gasteiger partial charge on any atom is -0.490 e. The van der Waals surface area contributed by atoms with Crippen LogP contribution in [-0.2, 0) is 0 Å². The molecule has 0 amide bonds. The molecule has 0 unspecified atom stereocenters. The summed E-state index contributed by atoms with van der Waals surface area (Å²) in [6.45, 7) is 5.43. The predicted molar refractivity (Wildman–Crippen MR) is 71.4 cm³/mol. The largest absolute Gasteiger partial charge is 0.490 e. The van der Waals surface area contributed by atoms with Crippen LogP contribution in [0.2, 0.25) is 0 Å². The number of aromatic nitrogens is 2. The predicted octanol–water partition coefficient (Wildman–Crippen LogP) is 1.62. The molecule has 6 nitrogen and oxygen atoms in total. The lowest BCUT2D eigenvalue weighted by Gasteiger charge is -2.21. The number of nitrogen functional groups attached to an aromatic ring is 1. The zero-order chi connectivity index (χ0) is 13.2.